The third kappa shape index (κ3) is 3.01. The first kappa shape index (κ1) is 17.4. The summed E-state index contributed by atoms with van der Waals surface area (Å²) >= 11 is 0. The molecule has 0 saturated heterocycles. The van der Waals surface area contributed by atoms with Crippen LogP contribution in [0, 0.1) is 6.92 Å². The summed E-state index contributed by atoms with van der Waals surface area (Å²) in [7, 11) is -0.417. The third-order valence-electron chi connectivity index (χ3n) is 4.54. The number of aromatic nitrogens is 2. The fraction of sp³-hybridized carbons (Fsp3) is 0.278. The lowest BCUT2D eigenvalue weighted by molar-refractivity contribution is 0.566. The van der Waals surface area contributed by atoms with Crippen LogP contribution in [0.4, 0.5) is 0 Å². The number of benzene rings is 2. The van der Waals surface area contributed by atoms with Crippen LogP contribution in [0.5, 0.6) is 0 Å². The number of hydrogen-bond donors (Lipinski definition) is 1. The predicted octanol–water partition coefficient (Wildman–Crippen LogP) is 2.22. The van der Waals surface area contributed by atoms with E-state index in [0.29, 0.717) is 11.0 Å². The monoisotopic (exact) mass is 359 g/mol. The van der Waals surface area contributed by atoms with Crippen LogP contribution in [0.3, 0.4) is 0 Å². The van der Waals surface area contributed by atoms with E-state index in [9.17, 15) is 13.2 Å². The van der Waals surface area contributed by atoms with Crippen molar-refractivity contribution in [1.82, 2.24) is 13.9 Å². The maximum atomic E-state index is 12.8. The smallest absolute Gasteiger partial charge is 0.295 e. The second-order valence-electron chi connectivity index (χ2n) is 6.25. The minimum absolute atomic E-state index is 0.140. The van der Waals surface area contributed by atoms with Gasteiger partial charge in [-0.1, -0.05) is 24.3 Å². The number of hydrogen-bond acceptors (Lipinski definition) is 3. The SMILES string of the molecule is Cc1ccccc1[C@H](C)NS(=O)(=O)c1ccc2c(c1)n(C)c(=O)n2C. The van der Waals surface area contributed by atoms with Crippen molar-refractivity contribution >= 4 is 21.1 Å². The summed E-state index contributed by atoms with van der Waals surface area (Å²) in [5.74, 6) is 0. The van der Waals surface area contributed by atoms with E-state index in [1.54, 1.807) is 20.2 Å². The summed E-state index contributed by atoms with van der Waals surface area (Å²) < 4.78 is 31.2. The highest BCUT2D eigenvalue weighted by Crippen LogP contribution is 2.22. The Bertz CT molecular complexity index is 1110. The molecule has 0 bridgehead atoms. The number of nitrogens with zero attached hydrogens (tertiary/aromatic N) is 2. The molecule has 0 aliphatic heterocycles. The first-order valence-corrected chi connectivity index (χ1v) is 9.44. The zero-order chi connectivity index (χ0) is 18.4. The van der Waals surface area contributed by atoms with Gasteiger partial charge in [0.25, 0.3) is 0 Å². The molecule has 1 atom stereocenters. The maximum Gasteiger partial charge on any atom is 0.328 e. The molecule has 0 radical (unpaired) electrons. The van der Waals surface area contributed by atoms with Gasteiger partial charge in [-0.25, -0.2) is 17.9 Å². The Morgan fingerprint density at radius 3 is 2.32 bits per heavy atom. The van der Waals surface area contributed by atoms with Crippen molar-refractivity contribution in [2.45, 2.75) is 24.8 Å². The van der Waals surface area contributed by atoms with E-state index >= 15 is 0 Å². The highest BCUT2D eigenvalue weighted by molar-refractivity contribution is 7.89. The van der Waals surface area contributed by atoms with Gasteiger partial charge < -0.3 is 0 Å². The lowest BCUT2D eigenvalue weighted by atomic mass is 10.0. The molecule has 0 fully saturated rings. The molecule has 25 heavy (non-hydrogen) atoms. The number of imidazole rings is 1. The Labute approximate surface area is 146 Å². The number of aryl methyl sites for hydroxylation is 3. The second-order valence-corrected chi connectivity index (χ2v) is 7.96. The summed E-state index contributed by atoms with van der Waals surface area (Å²) in [6.07, 6.45) is 0. The van der Waals surface area contributed by atoms with E-state index in [4.69, 9.17) is 0 Å². The average Bonchev–Trinajstić information content (AvgIpc) is 2.79. The molecule has 1 heterocycles. The van der Waals surface area contributed by atoms with Gasteiger partial charge in [-0.05, 0) is 43.2 Å². The number of fused-ring (bicyclic) bond motifs is 1. The second kappa shape index (κ2) is 6.16. The van der Waals surface area contributed by atoms with Crippen LogP contribution in [0.2, 0.25) is 0 Å². The highest BCUT2D eigenvalue weighted by Gasteiger charge is 2.21. The molecule has 0 amide bonds. The van der Waals surface area contributed by atoms with Crippen LogP contribution in [0.15, 0.2) is 52.2 Å². The molecule has 0 saturated carbocycles. The largest absolute Gasteiger partial charge is 0.328 e. The molecule has 0 unspecified atom stereocenters. The maximum absolute atomic E-state index is 12.8. The van der Waals surface area contributed by atoms with Crippen LogP contribution >= 0.6 is 0 Å². The summed E-state index contributed by atoms with van der Waals surface area (Å²) in [4.78, 5) is 12.2. The van der Waals surface area contributed by atoms with Gasteiger partial charge in [0.15, 0.2) is 0 Å². The standard InChI is InChI=1S/C18H21N3O3S/c1-12-7-5-6-8-15(12)13(2)19-25(23,24)14-9-10-16-17(11-14)21(4)18(22)20(16)3/h5-11,13,19H,1-4H3/t13-/m0/s1. The van der Waals surface area contributed by atoms with E-state index in [1.165, 1.54) is 21.3 Å². The Morgan fingerprint density at radius 2 is 1.64 bits per heavy atom. The predicted molar refractivity (Wildman–Crippen MR) is 98.1 cm³/mol. The lowest BCUT2D eigenvalue weighted by Crippen LogP contribution is -2.27. The average molecular weight is 359 g/mol. The molecule has 0 aliphatic rings. The van der Waals surface area contributed by atoms with Crippen molar-refractivity contribution in [3.05, 3.63) is 64.1 Å². The van der Waals surface area contributed by atoms with Gasteiger partial charge in [-0.3, -0.25) is 9.13 Å². The Kier molecular flexibility index (Phi) is 4.30. The van der Waals surface area contributed by atoms with Crippen LogP contribution in [0.25, 0.3) is 11.0 Å². The van der Waals surface area contributed by atoms with E-state index in [-0.39, 0.29) is 16.6 Å². The van der Waals surface area contributed by atoms with Crippen molar-refractivity contribution in [2.75, 3.05) is 0 Å². The van der Waals surface area contributed by atoms with Gasteiger partial charge in [0.1, 0.15) is 0 Å². The first-order chi connectivity index (χ1) is 11.7. The van der Waals surface area contributed by atoms with E-state index < -0.39 is 10.0 Å². The van der Waals surface area contributed by atoms with Crippen LogP contribution < -0.4 is 10.4 Å². The number of nitrogens with one attached hydrogen (secondary N) is 1. The van der Waals surface area contributed by atoms with Crippen molar-refractivity contribution in [2.24, 2.45) is 14.1 Å². The molecule has 132 valence electrons. The molecule has 1 N–H and O–H groups in total. The Balaban J connectivity index is 2.00. The van der Waals surface area contributed by atoms with E-state index in [2.05, 4.69) is 4.72 Å². The molecule has 7 heteroatoms. The minimum Gasteiger partial charge on any atom is -0.295 e. The topological polar surface area (TPSA) is 73.1 Å². The Morgan fingerprint density at radius 1 is 1.00 bits per heavy atom. The van der Waals surface area contributed by atoms with Gasteiger partial charge >= 0.3 is 5.69 Å². The summed E-state index contributed by atoms with van der Waals surface area (Å²) in [5, 5.41) is 0. The van der Waals surface area contributed by atoms with E-state index in [1.807, 2.05) is 38.1 Å². The third-order valence-corrected chi connectivity index (χ3v) is 6.08. The number of sulfonamides is 1. The van der Waals surface area contributed by atoms with Gasteiger partial charge in [0.05, 0.1) is 15.9 Å². The fourth-order valence-corrected chi connectivity index (χ4v) is 4.33. The van der Waals surface area contributed by atoms with E-state index in [0.717, 1.165) is 11.1 Å². The fourth-order valence-electron chi connectivity index (χ4n) is 3.09. The normalized spacial score (nSPS) is 13.3. The van der Waals surface area contributed by atoms with Crippen molar-refractivity contribution in [3.63, 3.8) is 0 Å². The first-order valence-electron chi connectivity index (χ1n) is 7.95. The van der Waals surface area contributed by atoms with Gasteiger partial charge in [0.2, 0.25) is 10.0 Å². The molecule has 1 aromatic heterocycles. The van der Waals surface area contributed by atoms with Crippen LogP contribution in [-0.4, -0.2) is 17.6 Å². The van der Waals surface area contributed by atoms with Crippen LogP contribution in [-0.2, 0) is 24.1 Å². The molecule has 0 aliphatic carbocycles. The van der Waals surface area contributed by atoms with Crippen molar-refractivity contribution in [1.29, 1.82) is 0 Å². The quantitative estimate of drug-likeness (QED) is 0.776. The molecule has 3 rings (SSSR count). The lowest BCUT2D eigenvalue weighted by Gasteiger charge is -2.17. The minimum atomic E-state index is -3.71. The molecular formula is C18H21N3O3S. The zero-order valence-corrected chi connectivity index (χ0v) is 15.5. The Hall–Kier alpha value is -2.38. The highest BCUT2D eigenvalue weighted by atomic mass is 32.2. The molecular weight excluding hydrogens is 338 g/mol. The molecule has 2 aromatic carbocycles. The van der Waals surface area contributed by atoms with Gasteiger partial charge in [-0.2, -0.15) is 0 Å². The molecule has 6 nitrogen and oxygen atoms in total. The van der Waals surface area contributed by atoms with Crippen molar-refractivity contribution in [3.8, 4) is 0 Å². The summed E-state index contributed by atoms with van der Waals surface area (Å²) in [6.45, 7) is 3.77. The van der Waals surface area contributed by atoms with Crippen LogP contribution in [0.1, 0.15) is 24.1 Å². The van der Waals surface area contributed by atoms with Gasteiger partial charge in [-0.15, -0.1) is 0 Å². The van der Waals surface area contributed by atoms with Crippen molar-refractivity contribution < 1.29 is 8.42 Å². The zero-order valence-electron chi connectivity index (χ0n) is 14.6. The molecule has 3 aromatic rings. The van der Waals surface area contributed by atoms with Gasteiger partial charge in [0, 0.05) is 20.1 Å². The summed E-state index contributed by atoms with van der Waals surface area (Å²) in [6, 6.07) is 12.0. The summed E-state index contributed by atoms with van der Waals surface area (Å²) in [5.41, 5.74) is 3.04. The molecule has 0 spiro atoms. The number of rotatable bonds is 4.